The molecule has 1 heterocycles. The highest BCUT2D eigenvalue weighted by Crippen LogP contribution is 2.23. The SMILES string of the molecule is Fc1cc(Br)ccc1OCc1nc(CCl)cs1. The lowest BCUT2D eigenvalue weighted by molar-refractivity contribution is 0.289. The maximum atomic E-state index is 13.4. The molecule has 1 aromatic carbocycles. The quantitative estimate of drug-likeness (QED) is 0.774. The van der Waals surface area contributed by atoms with Crippen molar-refractivity contribution in [3.63, 3.8) is 0 Å². The van der Waals surface area contributed by atoms with Crippen molar-refractivity contribution >= 4 is 38.9 Å². The van der Waals surface area contributed by atoms with E-state index in [0.717, 1.165) is 10.7 Å². The van der Waals surface area contributed by atoms with E-state index in [-0.39, 0.29) is 12.4 Å². The Balaban J connectivity index is 2.02. The first kappa shape index (κ1) is 12.8. The topological polar surface area (TPSA) is 22.1 Å². The van der Waals surface area contributed by atoms with Gasteiger partial charge in [0.1, 0.15) is 11.6 Å². The van der Waals surface area contributed by atoms with Gasteiger partial charge in [0.25, 0.3) is 0 Å². The van der Waals surface area contributed by atoms with Crippen LogP contribution in [-0.4, -0.2) is 4.98 Å². The zero-order valence-electron chi connectivity index (χ0n) is 8.62. The maximum absolute atomic E-state index is 13.4. The molecule has 0 aliphatic rings. The van der Waals surface area contributed by atoms with Crippen LogP contribution in [0.15, 0.2) is 28.1 Å². The number of nitrogens with zero attached hydrogens (tertiary/aromatic N) is 1. The molecule has 1 aromatic heterocycles. The fraction of sp³-hybridized carbons (Fsp3) is 0.182. The molecule has 0 N–H and O–H groups in total. The zero-order chi connectivity index (χ0) is 12.3. The summed E-state index contributed by atoms with van der Waals surface area (Å²) in [5, 5.41) is 2.65. The van der Waals surface area contributed by atoms with Gasteiger partial charge in [-0.05, 0) is 18.2 Å². The van der Waals surface area contributed by atoms with Crippen LogP contribution in [0.5, 0.6) is 5.75 Å². The molecule has 0 saturated heterocycles. The molecule has 17 heavy (non-hydrogen) atoms. The minimum absolute atomic E-state index is 0.218. The van der Waals surface area contributed by atoms with Gasteiger partial charge in [0.05, 0.1) is 11.6 Å². The average Bonchev–Trinajstić information content (AvgIpc) is 2.76. The predicted molar refractivity (Wildman–Crippen MR) is 70.1 cm³/mol. The summed E-state index contributed by atoms with van der Waals surface area (Å²) in [6.07, 6.45) is 0. The van der Waals surface area contributed by atoms with E-state index in [2.05, 4.69) is 20.9 Å². The molecule has 6 heteroatoms. The standard InChI is InChI=1S/C11H8BrClFNOS/c12-7-1-2-10(9(14)3-7)16-5-11-15-8(4-13)6-17-11/h1-3,6H,4-5H2. The lowest BCUT2D eigenvalue weighted by Crippen LogP contribution is -1.97. The first-order valence-corrected chi connectivity index (χ1v) is 6.97. The van der Waals surface area contributed by atoms with Crippen molar-refractivity contribution in [2.24, 2.45) is 0 Å². The van der Waals surface area contributed by atoms with Gasteiger partial charge in [-0.2, -0.15) is 0 Å². The number of thiazole rings is 1. The number of alkyl halides is 1. The Hall–Kier alpha value is -0.650. The van der Waals surface area contributed by atoms with Crippen LogP contribution in [0.25, 0.3) is 0 Å². The van der Waals surface area contributed by atoms with Gasteiger partial charge in [0, 0.05) is 9.85 Å². The molecular weight excluding hydrogens is 329 g/mol. The molecule has 0 atom stereocenters. The number of hydrogen-bond acceptors (Lipinski definition) is 3. The number of halogens is 3. The van der Waals surface area contributed by atoms with Crippen LogP contribution in [0.1, 0.15) is 10.7 Å². The van der Waals surface area contributed by atoms with Gasteiger partial charge in [-0.3, -0.25) is 0 Å². The van der Waals surface area contributed by atoms with Crippen LogP contribution in [0.2, 0.25) is 0 Å². The minimum Gasteiger partial charge on any atom is -0.483 e. The van der Waals surface area contributed by atoms with Crippen LogP contribution in [0.3, 0.4) is 0 Å². The zero-order valence-corrected chi connectivity index (χ0v) is 11.8. The molecule has 0 aliphatic carbocycles. The smallest absolute Gasteiger partial charge is 0.166 e. The first-order valence-electron chi connectivity index (χ1n) is 4.76. The number of benzene rings is 1. The minimum atomic E-state index is -0.395. The number of aromatic nitrogens is 1. The summed E-state index contributed by atoms with van der Waals surface area (Å²) in [4.78, 5) is 4.22. The second kappa shape index (κ2) is 5.80. The van der Waals surface area contributed by atoms with Gasteiger partial charge in [0.2, 0.25) is 0 Å². The van der Waals surface area contributed by atoms with Crippen molar-refractivity contribution in [3.8, 4) is 5.75 Å². The molecule has 2 aromatic rings. The first-order chi connectivity index (χ1) is 8.19. The lowest BCUT2D eigenvalue weighted by atomic mass is 10.3. The fourth-order valence-electron chi connectivity index (χ4n) is 1.21. The third-order valence-electron chi connectivity index (χ3n) is 1.98. The van der Waals surface area contributed by atoms with Crippen molar-refractivity contribution in [2.75, 3.05) is 0 Å². The van der Waals surface area contributed by atoms with Crippen LogP contribution < -0.4 is 4.74 Å². The van der Waals surface area contributed by atoms with E-state index < -0.39 is 5.82 Å². The van der Waals surface area contributed by atoms with Gasteiger partial charge in [-0.15, -0.1) is 22.9 Å². The third-order valence-corrected chi connectivity index (χ3v) is 3.62. The summed E-state index contributed by atoms with van der Waals surface area (Å²) in [6, 6.07) is 4.67. The Labute approximate surface area is 116 Å². The molecule has 0 radical (unpaired) electrons. The highest BCUT2D eigenvalue weighted by molar-refractivity contribution is 9.10. The maximum Gasteiger partial charge on any atom is 0.166 e. The summed E-state index contributed by atoms with van der Waals surface area (Å²) >= 11 is 10.3. The Morgan fingerprint density at radius 3 is 2.94 bits per heavy atom. The van der Waals surface area contributed by atoms with Crippen molar-refractivity contribution < 1.29 is 9.13 Å². The van der Waals surface area contributed by atoms with Crippen LogP contribution in [-0.2, 0) is 12.5 Å². The molecular formula is C11H8BrClFNOS. The summed E-state index contributed by atoms with van der Waals surface area (Å²) in [5.74, 6) is 0.202. The molecule has 90 valence electrons. The highest BCUT2D eigenvalue weighted by atomic mass is 79.9. The lowest BCUT2D eigenvalue weighted by Gasteiger charge is -2.05. The van der Waals surface area contributed by atoms with Crippen LogP contribution >= 0.6 is 38.9 Å². The van der Waals surface area contributed by atoms with E-state index in [1.54, 1.807) is 12.1 Å². The second-order valence-electron chi connectivity index (χ2n) is 3.23. The second-order valence-corrected chi connectivity index (χ2v) is 5.36. The van der Waals surface area contributed by atoms with E-state index in [0.29, 0.717) is 10.4 Å². The van der Waals surface area contributed by atoms with Gasteiger partial charge in [-0.25, -0.2) is 9.37 Å². The van der Waals surface area contributed by atoms with Gasteiger partial charge >= 0.3 is 0 Å². The normalized spacial score (nSPS) is 10.5. The molecule has 0 aliphatic heterocycles. The number of rotatable bonds is 4. The van der Waals surface area contributed by atoms with Crippen LogP contribution in [0.4, 0.5) is 4.39 Å². The van der Waals surface area contributed by atoms with Crippen molar-refractivity contribution in [1.29, 1.82) is 0 Å². The summed E-state index contributed by atoms with van der Waals surface area (Å²) in [5.41, 5.74) is 0.812. The summed E-state index contributed by atoms with van der Waals surface area (Å²) < 4.78 is 19.5. The van der Waals surface area contributed by atoms with E-state index in [4.69, 9.17) is 16.3 Å². The Kier molecular flexibility index (Phi) is 4.36. The number of hydrogen-bond donors (Lipinski definition) is 0. The summed E-state index contributed by atoms with van der Waals surface area (Å²) in [6.45, 7) is 0.250. The van der Waals surface area contributed by atoms with E-state index in [1.807, 2.05) is 5.38 Å². The predicted octanol–water partition coefficient (Wildman–Crippen LogP) is 4.36. The van der Waals surface area contributed by atoms with E-state index in [1.165, 1.54) is 17.4 Å². The Morgan fingerprint density at radius 1 is 1.47 bits per heavy atom. The van der Waals surface area contributed by atoms with E-state index >= 15 is 0 Å². The monoisotopic (exact) mass is 335 g/mol. The summed E-state index contributed by atoms with van der Waals surface area (Å²) in [7, 11) is 0. The molecule has 2 rings (SSSR count). The Bertz CT molecular complexity index is 520. The van der Waals surface area contributed by atoms with Crippen molar-refractivity contribution in [3.05, 3.63) is 44.6 Å². The molecule has 2 nitrogen and oxygen atoms in total. The molecule has 0 bridgehead atoms. The number of ether oxygens (including phenoxy) is 1. The molecule has 0 saturated carbocycles. The van der Waals surface area contributed by atoms with Crippen LogP contribution in [0, 0.1) is 5.82 Å². The molecule has 0 spiro atoms. The largest absolute Gasteiger partial charge is 0.483 e. The van der Waals surface area contributed by atoms with Gasteiger partial charge < -0.3 is 4.74 Å². The average molecular weight is 337 g/mol. The molecule has 0 amide bonds. The highest BCUT2D eigenvalue weighted by Gasteiger charge is 2.06. The molecule has 0 unspecified atom stereocenters. The van der Waals surface area contributed by atoms with Crippen molar-refractivity contribution in [1.82, 2.24) is 4.98 Å². The molecule has 0 fully saturated rings. The fourth-order valence-corrected chi connectivity index (χ4v) is 2.47. The van der Waals surface area contributed by atoms with Crippen molar-refractivity contribution in [2.45, 2.75) is 12.5 Å². The third kappa shape index (κ3) is 3.40. The Morgan fingerprint density at radius 2 is 2.29 bits per heavy atom. The van der Waals surface area contributed by atoms with Gasteiger partial charge in [-0.1, -0.05) is 15.9 Å². The van der Waals surface area contributed by atoms with Gasteiger partial charge in [0.15, 0.2) is 11.6 Å². The van der Waals surface area contributed by atoms with E-state index in [9.17, 15) is 4.39 Å².